The Morgan fingerprint density at radius 3 is 2.30 bits per heavy atom. The van der Waals surface area contributed by atoms with Gasteiger partial charge in [0.25, 0.3) is 0 Å². The highest BCUT2D eigenvalue weighted by molar-refractivity contribution is 5.46. The van der Waals surface area contributed by atoms with Gasteiger partial charge in [0, 0.05) is 18.8 Å². The van der Waals surface area contributed by atoms with E-state index in [1.54, 1.807) is 0 Å². The minimum atomic E-state index is 0.233. The van der Waals surface area contributed by atoms with Crippen molar-refractivity contribution in [1.29, 1.82) is 0 Å². The van der Waals surface area contributed by atoms with Gasteiger partial charge < -0.3 is 15.0 Å². The van der Waals surface area contributed by atoms with Crippen molar-refractivity contribution in [2.75, 3.05) is 31.5 Å². The van der Waals surface area contributed by atoms with E-state index in [0.717, 1.165) is 18.8 Å². The quantitative estimate of drug-likeness (QED) is 0.856. The predicted octanol–water partition coefficient (Wildman–Crippen LogP) is 3.76. The van der Waals surface area contributed by atoms with E-state index in [2.05, 4.69) is 22.3 Å². The molecule has 0 saturated carbocycles. The molecule has 1 saturated heterocycles. The van der Waals surface area contributed by atoms with Crippen LogP contribution in [0.2, 0.25) is 0 Å². The molecular weight excluding hydrogens is 248 g/mol. The Morgan fingerprint density at radius 1 is 1.05 bits per heavy atom. The highest BCUT2D eigenvalue weighted by Gasteiger charge is 2.07. The minimum absolute atomic E-state index is 0.233. The number of ether oxygens (including phenoxy) is 1. The van der Waals surface area contributed by atoms with Crippen LogP contribution in [0.5, 0.6) is 5.75 Å². The van der Waals surface area contributed by atoms with E-state index in [0.29, 0.717) is 0 Å². The van der Waals surface area contributed by atoms with Gasteiger partial charge in [-0.3, -0.25) is 0 Å². The third-order valence-corrected chi connectivity index (χ3v) is 3.68. The first kappa shape index (κ1) is 15.2. The lowest BCUT2D eigenvalue weighted by Crippen LogP contribution is -2.29. The first-order valence-electron chi connectivity index (χ1n) is 7.97. The second kappa shape index (κ2) is 8.15. The summed E-state index contributed by atoms with van der Waals surface area (Å²) in [7, 11) is 0. The van der Waals surface area contributed by atoms with Gasteiger partial charge in [0.1, 0.15) is 5.75 Å². The smallest absolute Gasteiger partial charge is 0.119 e. The van der Waals surface area contributed by atoms with Crippen molar-refractivity contribution in [3.63, 3.8) is 0 Å². The maximum absolute atomic E-state index is 5.65. The van der Waals surface area contributed by atoms with Gasteiger partial charge in [0.2, 0.25) is 0 Å². The van der Waals surface area contributed by atoms with Crippen molar-refractivity contribution < 1.29 is 4.74 Å². The summed E-state index contributed by atoms with van der Waals surface area (Å²) in [5.74, 6) is 0.943. The van der Waals surface area contributed by atoms with Crippen LogP contribution in [-0.4, -0.2) is 37.2 Å². The molecule has 1 heterocycles. The van der Waals surface area contributed by atoms with Gasteiger partial charge in [-0.2, -0.15) is 0 Å². The minimum Gasteiger partial charge on any atom is -0.491 e. The van der Waals surface area contributed by atoms with Crippen LogP contribution in [0, 0.1) is 0 Å². The zero-order chi connectivity index (χ0) is 14.2. The van der Waals surface area contributed by atoms with Crippen LogP contribution in [0.15, 0.2) is 24.3 Å². The molecule has 1 aromatic rings. The molecule has 0 spiro atoms. The molecule has 1 aromatic carbocycles. The highest BCUT2D eigenvalue weighted by Crippen LogP contribution is 2.17. The highest BCUT2D eigenvalue weighted by atomic mass is 16.5. The molecule has 1 aliphatic rings. The Balaban J connectivity index is 1.70. The molecule has 112 valence electrons. The predicted molar refractivity (Wildman–Crippen MR) is 85.6 cm³/mol. The summed E-state index contributed by atoms with van der Waals surface area (Å²) in [6.07, 6.45) is 5.77. The molecule has 1 N–H and O–H groups in total. The summed E-state index contributed by atoms with van der Waals surface area (Å²) in [6, 6.07) is 8.27. The molecule has 1 fully saturated rings. The second-order valence-electron chi connectivity index (χ2n) is 5.87. The Kier molecular flexibility index (Phi) is 6.19. The van der Waals surface area contributed by atoms with E-state index in [-0.39, 0.29) is 6.10 Å². The van der Waals surface area contributed by atoms with Gasteiger partial charge in [0.15, 0.2) is 0 Å². The fourth-order valence-electron chi connectivity index (χ4n) is 2.64. The summed E-state index contributed by atoms with van der Waals surface area (Å²) >= 11 is 0. The number of rotatable bonds is 6. The van der Waals surface area contributed by atoms with Crippen LogP contribution < -0.4 is 10.1 Å². The summed E-state index contributed by atoms with van der Waals surface area (Å²) in [6.45, 7) is 8.79. The summed E-state index contributed by atoms with van der Waals surface area (Å²) in [5.41, 5.74) is 1.18. The molecule has 3 heteroatoms. The van der Waals surface area contributed by atoms with Crippen molar-refractivity contribution in [3.8, 4) is 5.75 Å². The third-order valence-electron chi connectivity index (χ3n) is 3.68. The molecule has 20 heavy (non-hydrogen) atoms. The third kappa shape index (κ3) is 5.41. The molecule has 0 aromatic heterocycles. The van der Waals surface area contributed by atoms with Gasteiger partial charge in [-0.25, -0.2) is 0 Å². The average molecular weight is 276 g/mol. The molecule has 0 unspecified atom stereocenters. The first-order valence-corrected chi connectivity index (χ1v) is 7.97. The fraction of sp³-hybridized carbons (Fsp3) is 0.647. The van der Waals surface area contributed by atoms with Crippen molar-refractivity contribution in [1.82, 2.24) is 4.90 Å². The Hall–Kier alpha value is -1.22. The molecule has 1 aliphatic heterocycles. The summed E-state index contributed by atoms with van der Waals surface area (Å²) in [4.78, 5) is 2.58. The van der Waals surface area contributed by atoms with Crippen LogP contribution in [0.3, 0.4) is 0 Å². The molecule has 2 rings (SSSR count). The Bertz CT molecular complexity index is 367. The topological polar surface area (TPSA) is 24.5 Å². The number of likely N-dealkylation sites (tertiary alicyclic amines) is 1. The molecular formula is C17H28N2O. The van der Waals surface area contributed by atoms with Crippen LogP contribution in [0.1, 0.15) is 39.5 Å². The van der Waals surface area contributed by atoms with Gasteiger partial charge >= 0.3 is 0 Å². The van der Waals surface area contributed by atoms with E-state index in [9.17, 15) is 0 Å². The molecule has 3 nitrogen and oxygen atoms in total. The van der Waals surface area contributed by atoms with Gasteiger partial charge in [-0.1, -0.05) is 12.8 Å². The van der Waals surface area contributed by atoms with Crippen molar-refractivity contribution >= 4 is 5.69 Å². The van der Waals surface area contributed by atoms with Crippen LogP contribution >= 0.6 is 0 Å². The fourth-order valence-corrected chi connectivity index (χ4v) is 2.64. The first-order chi connectivity index (χ1) is 9.74. The molecule has 0 aliphatic carbocycles. The van der Waals surface area contributed by atoms with Crippen molar-refractivity contribution in [2.24, 2.45) is 0 Å². The monoisotopic (exact) mass is 276 g/mol. The zero-order valence-corrected chi connectivity index (χ0v) is 12.9. The van der Waals surface area contributed by atoms with E-state index in [1.165, 1.54) is 44.5 Å². The van der Waals surface area contributed by atoms with E-state index < -0.39 is 0 Å². The molecule has 0 atom stereocenters. The maximum atomic E-state index is 5.65. The van der Waals surface area contributed by atoms with E-state index >= 15 is 0 Å². The molecule has 0 amide bonds. The number of hydrogen-bond donors (Lipinski definition) is 1. The maximum Gasteiger partial charge on any atom is 0.119 e. The lowest BCUT2D eigenvalue weighted by Gasteiger charge is -2.20. The zero-order valence-electron chi connectivity index (χ0n) is 12.9. The van der Waals surface area contributed by atoms with Gasteiger partial charge in [-0.15, -0.1) is 0 Å². The number of benzene rings is 1. The van der Waals surface area contributed by atoms with Crippen LogP contribution in [0.4, 0.5) is 5.69 Å². The lowest BCUT2D eigenvalue weighted by atomic mass is 10.2. The number of nitrogens with zero attached hydrogens (tertiary/aromatic N) is 1. The van der Waals surface area contributed by atoms with Crippen LogP contribution in [0.25, 0.3) is 0 Å². The molecule has 0 radical (unpaired) electrons. The summed E-state index contributed by atoms with van der Waals surface area (Å²) < 4.78 is 5.65. The van der Waals surface area contributed by atoms with Crippen LogP contribution in [-0.2, 0) is 0 Å². The van der Waals surface area contributed by atoms with E-state index in [1.807, 2.05) is 26.0 Å². The second-order valence-corrected chi connectivity index (χ2v) is 5.87. The Labute approximate surface area is 123 Å². The number of anilines is 1. The average Bonchev–Trinajstić information content (AvgIpc) is 2.69. The van der Waals surface area contributed by atoms with Gasteiger partial charge in [0.05, 0.1) is 6.10 Å². The number of nitrogens with one attached hydrogen (secondary N) is 1. The van der Waals surface area contributed by atoms with Gasteiger partial charge in [-0.05, 0) is 64.0 Å². The SMILES string of the molecule is CC(C)Oc1ccc(NCCN2CCCCCC2)cc1. The Morgan fingerprint density at radius 2 is 1.70 bits per heavy atom. The normalized spacial score (nSPS) is 16.9. The molecule has 0 bridgehead atoms. The van der Waals surface area contributed by atoms with Crippen molar-refractivity contribution in [2.45, 2.75) is 45.6 Å². The summed E-state index contributed by atoms with van der Waals surface area (Å²) in [5, 5.41) is 3.50. The van der Waals surface area contributed by atoms with E-state index in [4.69, 9.17) is 4.74 Å². The standard InChI is InChI=1S/C17H28N2O/c1-15(2)20-17-9-7-16(8-10-17)18-11-14-19-12-5-3-4-6-13-19/h7-10,15,18H,3-6,11-14H2,1-2H3. The number of hydrogen-bond acceptors (Lipinski definition) is 3. The van der Waals surface area contributed by atoms with Crippen molar-refractivity contribution in [3.05, 3.63) is 24.3 Å². The lowest BCUT2D eigenvalue weighted by molar-refractivity contribution is 0.242. The largest absolute Gasteiger partial charge is 0.491 e.